The van der Waals surface area contributed by atoms with Gasteiger partial charge < -0.3 is 15.3 Å². The van der Waals surface area contributed by atoms with E-state index in [0.717, 1.165) is 46.4 Å². The van der Waals surface area contributed by atoms with Gasteiger partial charge in [0.1, 0.15) is 0 Å². The molecule has 2 heterocycles. The third kappa shape index (κ3) is 5.60. The van der Waals surface area contributed by atoms with Crippen LogP contribution in [0.3, 0.4) is 0 Å². The summed E-state index contributed by atoms with van der Waals surface area (Å²) in [6.07, 6.45) is -0.0754. The summed E-state index contributed by atoms with van der Waals surface area (Å²) in [5, 5.41) is 19.0. The number of H-pyrrole nitrogens is 1. The number of fused-ring (bicyclic) bond motifs is 3. The van der Waals surface area contributed by atoms with Crippen molar-refractivity contribution < 1.29 is 27.9 Å². The summed E-state index contributed by atoms with van der Waals surface area (Å²) in [5.41, 5.74) is 8.43. The van der Waals surface area contributed by atoms with Crippen LogP contribution in [0.15, 0.2) is 60.7 Å². The van der Waals surface area contributed by atoms with Gasteiger partial charge in [-0.2, -0.15) is 18.3 Å². The molecule has 1 saturated carbocycles. The molecular weight excluding hydrogens is 533 g/mol. The first-order valence-corrected chi connectivity index (χ1v) is 13.0. The van der Waals surface area contributed by atoms with Gasteiger partial charge in [-0.3, -0.25) is 9.89 Å². The molecule has 0 radical (unpaired) electrons. The number of alkyl halides is 3. The highest BCUT2D eigenvalue weighted by molar-refractivity contribution is 6.10. The van der Waals surface area contributed by atoms with E-state index in [1.165, 1.54) is 16.7 Å². The molecule has 3 aromatic carbocycles. The Bertz CT molecular complexity index is 1660. The molecule has 1 amide bonds. The average molecular weight is 563 g/mol. The SMILES string of the molecule is Cc1ccc2c(c1)[C@]1(C[C@H]1c1ccc3c(C=Cc4ccc(CN(C)C)cc4)n[nH]c3c1)C(=O)N2.O=C(O)C(F)(F)F. The Kier molecular flexibility index (Phi) is 7.21. The minimum Gasteiger partial charge on any atom is -0.475 e. The van der Waals surface area contributed by atoms with Crippen LogP contribution in [-0.2, 0) is 21.5 Å². The van der Waals surface area contributed by atoms with Gasteiger partial charge >= 0.3 is 12.1 Å². The number of nitrogens with one attached hydrogen (secondary N) is 2. The topological polar surface area (TPSA) is 98.3 Å². The summed E-state index contributed by atoms with van der Waals surface area (Å²) in [4.78, 5) is 24.0. The summed E-state index contributed by atoms with van der Waals surface area (Å²) in [6, 6.07) is 21.3. The molecule has 1 fully saturated rings. The number of rotatable bonds is 5. The molecule has 0 saturated heterocycles. The van der Waals surface area contributed by atoms with Crippen LogP contribution in [0.2, 0.25) is 0 Å². The summed E-state index contributed by atoms with van der Waals surface area (Å²) in [6.45, 7) is 3.02. The normalized spacial score (nSPS) is 19.4. The Morgan fingerprint density at radius 3 is 2.46 bits per heavy atom. The molecular formula is C31H29F3N4O3. The van der Waals surface area contributed by atoms with Gasteiger partial charge in [0, 0.05) is 23.5 Å². The fraction of sp³-hybridized carbons (Fsp3) is 0.258. The van der Waals surface area contributed by atoms with E-state index in [-0.39, 0.29) is 11.8 Å². The quantitative estimate of drug-likeness (QED) is 0.273. The third-order valence-electron chi connectivity index (χ3n) is 7.44. The molecule has 41 heavy (non-hydrogen) atoms. The Hall–Kier alpha value is -4.44. The van der Waals surface area contributed by atoms with Gasteiger partial charge in [-0.05, 0) is 67.9 Å². The molecule has 2 aliphatic rings. The van der Waals surface area contributed by atoms with Crippen molar-refractivity contribution in [1.82, 2.24) is 15.1 Å². The van der Waals surface area contributed by atoms with Crippen LogP contribution in [0.25, 0.3) is 23.1 Å². The van der Waals surface area contributed by atoms with Crippen LogP contribution in [0.5, 0.6) is 0 Å². The van der Waals surface area contributed by atoms with Crippen molar-refractivity contribution in [3.8, 4) is 0 Å². The van der Waals surface area contributed by atoms with Crippen LogP contribution in [0, 0.1) is 6.92 Å². The van der Waals surface area contributed by atoms with E-state index in [1.807, 2.05) is 6.07 Å². The van der Waals surface area contributed by atoms with Gasteiger partial charge in [-0.1, -0.05) is 60.2 Å². The molecule has 1 aliphatic heterocycles. The number of hydrogen-bond donors (Lipinski definition) is 3. The van der Waals surface area contributed by atoms with E-state index in [4.69, 9.17) is 9.90 Å². The van der Waals surface area contributed by atoms with Gasteiger partial charge in [0.05, 0.1) is 16.6 Å². The maximum absolute atomic E-state index is 12.9. The Morgan fingerprint density at radius 2 is 1.80 bits per heavy atom. The molecule has 212 valence electrons. The van der Waals surface area contributed by atoms with Crippen molar-refractivity contribution >= 4 is 40.6 Å². The zero-order chi connectivity index (χ0) is 29.5. The summed E-state index contributed by atoms with van der Waals surface area (Å²) < 4.78 is 31.7. The molecule has 10 heteroatoms. The molecule has 0 bridgehead atoms. The number of aliphatic carboxylic acids is 1. The van der Waals surface area contributed by atoms with E-state index in [1.54, 1.807) is 0 Å². The molecule has 2 atom stereocenters. The zero-order valence-electron chi connectivity index (χ0n) is 22.7. The summed E-state index contributed by atoms with van der Waals surface area (Å²) >= 11 is 0. The Labute approximate surface area is 234 Å². The molecule has 6 rings (SSSR count). The van der Waals surface area contributed by atoms with E-state index < -0.39 is 17.6 Å². The van der Waals surface area contributed by atoms with E-state index >= 15 is 0 Å². The lowest BCUT2D eigenvalue weighted by Gasteiger charge is -2.09. The monoisotopic (exact) mass is 562 g/mol. The maximum Gasteiger partial charge on any atom is 0.490 e. The largest absolute Gasteiger partial charge is 0.490 e. The smallest absolute Gasteiger partial charge is 0.475 e. The van der Waals surface area contributed by atoms with E-state index in [2.05, 4.69) is 108 Å². The van der Waals surface area contributed by atoms with Crippen LogP contribution < -0.4 is 5.32 Å². The van der Waals surface area contributed by atoms with Crippen molar-refractivity contribution in [1.29, 1.82) is 0 Å². The van der Waals surface area contributed by atoms with E-state index in [0.29, 0.717) is 0 Å². The average Bonchev–Trinajstić information content (AvgIpc) is 3.45. The molecule has 4 aromatic rings. The number of hydrogen-bond acceptors (Lipinski definition) is 4. The second-order valence-corrected chi connectivity index (χ2v) is 10.8. The highest BCUT2D eigenvalue weighted by atomic mass is 19.4. The lowest BCUT2D eigenvalue weighted by atomic mass is 9.91. The Balaban J connectivity index is 0.000000431. The second kappa shape index (κ2) is 10.5. The van der Waals surface area contributed by atoms with Gasteiger partial charge in [-0.25, -0.2) is 4.79 Å². The first kappa shape index (κ1) is 28.1. The number of amides is 1. The molecule has 1 spiro atoms. The number of carboxylic acids is 1. The number of benzene rings is 3. The van der Waals surface area contributed by atoms with Gasteiger partial charge in [0.25, 0.3) is 0 Å². The first-order chi connectivity index (χ1) is 19.4. The lowest BCUT2D eigenvalue weighted by molar-refractivity contribution is -0.192. The lowest BCUT2D eigenvalue weighted by Crippen LogP contribution is -2.21. The van der Waals surface area contributed by atoms with E-state index in [9.17, 15) is 18.0 Å². The van der Waals surface area contributed by atoms with Crippen LogP contribution in [0.4, 0.5) is 18.9 Å². The van der Waals surface area contributed by atoms with Crippen molar-refractivity contribution in [2.24, 2.45) is 0 Å². The predicted octanol–water partition coefficient (Wildman–Crippen LogP) is 6.11. The highest BCUT2D eigenvalue weighted by Crippen LogP contribution is 2.65. The number of aromatic nitrogens is 2. The third-order valence-corrected chi connectivity index (χ3v) is 7.44. The van der Waals surface area contributed by atoms with Gasteiger partial charge in [0.15, 0.2) is 0 Å². The predicted molar refractivity (Wildman–Crippen MR) is 151 cm³/mol. The van der Waals surface area contributed by atoms with Crippen molar-refractivity contribution in [3.05, 3.63) is 94.2 Å². The number of nitrogens with zero attached hydrogens (tertiary/aromatic N) is 2. The fourth-order valence-corrected chi connectivity index (χ4v) is 5.38. The number of carbonyl (C=O) groups excluding carboxylic acids is 1. The fourth-order valence-electron chi connectivity index (χ4n) is 5.38. The number of carbonyl (C=O) groups is 2. The molecule has 7 nitrogen and oxygen atoms in total. The van der Waals surface area contributed by atoms with Crippen molar-refractivity contribution in [2.75, 3.05) is 19.4 Å². The molecule has 3 N–H and O–H groups in total. The minimum atomic E-state index is -5.08. The standard InChI is InChI=1S/C29H28N4O.C2HF3O2/c1-18-4-12-26-23(14-18)29(28(34)30-26)16-24(29)21-10-11-22-25(31-32-27(22)15-21)13-9-19-5-7-20(8-6-19)17-33(2)3;3-2(4,5)1(6)7/h4-15,24H,16-17H2,1-3H3,(H,30,34)(H,31,32);(H,6,7)/t24-,29-;/m0./s1. The number of carboxylic acid groups (broad SMARTS) is 1. The summed E-state index contributed by atoms with van der Waals surface area (Å²) in [7, 11) is 4.15. The minimum absolute atomic E-state index is 0.128. The molecule has 1 aromatic heterocycles. The summed E-state index contributed by atoms with van der Waals surface area (Å²) in [5.74, 6) is -2.43. The number of anilines is 1. The highest BCUT2D eigenvalue weighted by Gasteiger charge is 2.65. The van der Waals surface area contributed by atoms with Crippen LogP contribution in [-0.4, -0.2) is 52.4 Å². The van der Waals surface area contributed by atoms with Crippen LogP contribution in [0.1, 0.15) is 45.8 Å². The van der Waals surface area contributed by atoms with Crippen molar-refractivity contribution in [3.63, 3.8) is 0 Å². The van der Waals surface area contributed by atoms with Crippen LogP contribution >= 0.6 is 0 Å². The number of aryl methyl sites for hydroxylation is 1. The second-order valence-electron chi connectivity index (χ2n) is 10.8. The zero-order valence-corrected chi connectivity index (χ0v) is 22.7. The molecule has 0 unspecified atom stereocenters. The first-order valence-electron chi connectivity index (χ1n) is 13.0. The van der Waals surface area contributed by atoms with Crippen molar-refractivity contribution in [2.45, 2.75) is 37.4 Å². The van der Waals surface area contributed by atoms with Gasteiger partial charge in [-0.15, -0.1) is 0 Å². The number of aromatic amines is 1. The molecule has 1 aliphatic carbocycles. The number of halogens is 3. The van der Waals surface area contributed by atoms with Gasteiger partial charge in [0.2, 0.25) is 5.91 Å². The maximum atomic E-state index is 12.9. The Morgan fingerprint density at radius 1 is 1.10 bits per heavy atom.